The number of carbonyl (C=O) groups excluding carboxylic acids is 2. The number of benzene rings is 2. The average Bonchev–Trinajstić information content (AvgIpc) is 2.72. The standard InChI is InChI=1S/C23H29NO6/c1-15(2)10-11-29-20-9-7-17(13-21(20)28-5)23(26)30-14-22(25)24-18-12-16(3)6-8-19(18)27-4/h6-9,12-13,15H,10-11,14H2,1-5H3,(H,24,25). The second kappa shape index (κ2) is 11.1. The molecule has 0 spiro atoms. The first-order valence-corrected chi connectivity index (χ1v) is 9.76. The molecule has 0 unspecified atom stereocenters. The molecule has 0 bridgehead atoms. The maximum absolute atomic E-state index is 12.3. The molecular weight excluding hydrogens is 386 g/mol. The highest BCUT2D eigenvalue weighted by Gasteiger charge is 2.15. The minimum absolute atomic E-state index is 0.268. The lowest BCUT2D eigenvalue weighted by molar-refractivity contribution is -0.119. The third-order valence-electron chi connectivity index (χ3n) is 4.32. The number of methoxy groups -OCH3 is 2. The number of hydrogen-bond donors (Lipinski definition) is 1. The lowest BCUT2D eigenvalue weighted by atomic mass is 10.1. The van der Waals surface area contributed by atoms with Crippen LogP contribution in [0.2, 0.25) is 0 Å². The summed E-state index contributed by atoms with van der Waals surface area (Å²) in [6.45, 7) is 6.26. The molecule has 0 fully saturated rings. The summed E-state index contributed by atoms with van der Waals surface area (Å²) in [4.78, 5) is 24.5. The Labute approximate surface area is 177 Å². The number of aryl methyl sites for hydroxylation is 1. The van der Waals surface area contributed by atoms with Gasteiger partial charge in [-0.15, -0.1) is 0 Å². The second-order valence-electron chi connectivity index (χ2n) is 7.22. The van der Waals surface area contributed by atoms with Crippen LogP contribution >= 0.6 is 0 Å². The lowest BCUT2D eigenvalue weighted by Gasteiger charge is -2.13. The molecule has 7 nitrogen and oxygen atoms in total. The van der Waals surface area contributed by atoms with E-state index >= 15 is 0 Å². The van der Waals surface area contributed by atoms with Gasteiger partial charge >= 0.3 is 5.97 Å². The fourth-order valence-corrected chi connectivity index (χ4v) is 2.64. The third-order valence-corrected chi connectivity index (χ3v) is 4.32. The summed E-state index contributed by atoms with van der Waals surface area (Å²) >= 11 is 0. The van der Waals surface area contributed by atoms with Crippen molar-refractivity contribution >= 4 is 17.6 Å². The Morgan fingerprint density at radius 1 is 0.967 bits per heavy atom. The first-order chi connectivity index (χ1) is 14.3. The van der Waals surface area contributed by atoms with Gasteiger partial charge in [0.05, 0.1) is 32.1 Å². The number of rotatable bonds is 10. The predicted molar refractivity (Wildman–Crippen MR) is 115 cm³/mol. The van der Waals surface area contributed by atoms with E-state index in [0.717, 1.165) is 12.0 Å². The SMILES string of the molecule is COc1ccc(C)cc1NC(=O)COC(=O)c1ccc(OCCC(C)C)c(OC)c1. The molecule has 7 heteroatoms. The first-order valence-electron chi connectivity index (χ1n) is 9.76. The van der Waals surface area contributed by atoms with E-state index in [4.69, 9.17) is 18.9 Å². The van der Waals surface area contributed by atoms with Gasteiger partial charge in [-0.3, -0.25) is 4.79 Å². The van der Waals surface area contributed by atoms with E-state index in [1.807, 2.05) is 13.0 Å². The number of carbonyl (C=O) groups is 2. The topological polar surface area (TPSA) is 83.1 Å². The largest absolute Gasteiger partial charge is 0.495 e. The summed E-state index contributed by atoms with van der Waals surface area (Å²) in [6.07, 6.45) is 0.910. The van der Waals surface area contributed by atoms with Crippen molar-refractivity contribution < 1.29 is 28.5 Å². The highest BCUT2D eigenvalue weighted by Crippen LogP contribution is 2.29. The highest BCUT2D eigenvalue weighted by molar-refractivity contribution is 5.96. The van der Waals surface area contributed by atoms with Crippen LogP contribution in [0.25, 0.3) is 0 Å². The van der Waals surface area contributed by atoms with E-state index in [-0.39, 0.29) is 5.56 Å². The van der Waals surface area contributed by atoms with Gasteiger partial charge in [-0.05, 0) is 55.2 Å². The zero-order valence-electron chi connectivity index (χ0n) is 18.1. The molecule has 0 aliphatic rings. The van der Waals surface area contributed by atoms with Crippen LogP contribution < -0.4 is 19.5 Å². The summed E-state index contributed by atoms with van der Waals surface area (Å²) < 4.78 is 21.4. The van der Waals surface area contributed by atoms with Crippen molar-refractivity contribution in [2.75, 3.05) is 32.8 Å². The van der Waals surface area contributed by atoms with E-state index < -0.39 is 18.5 Å². The molecule has 1 N–H and O–H groups in total. The van der Waals surface area contributed by atoms with Gasteiger partial charge in [-0.2, -0.15) is 0 Å². The van der Waals surface area contributed by atoms with Gasteiger partial charge in [0.25, 0.3) is 5.91 Å². The molecule has 0 aliphatic carbocycles. The van der Waals surface area contributed by atoms with Gasteiger partial charge < -0.3 is 24.3 Å². The van der Waals surface area contributed by atoms with Crippen molar-refractivity contribution in [2.24, 2.45) is 5.92 Å². The molecule has 0 aliphatic heterocycles. The number of hydrogen-bond acceptors (Lipinski definition) is 6. The molecule has 0 saturated heterocycles. The quantitative estimate of drug-likeness (QED) is 0.585. The van der Waals surface area contributed by atoms with Gasteiger partial charge in [-0.1, -0.05) is 19.9 Å². The van der Waals surface area contributed by atoms with Crippen LogP contribution in [0.3, 0.4) is 0 Å². The Morgan fingerprint density at radius 2 is 1.67 bits per heavy atom. The monoisotopic (exact) mass is 415 g/mol. The van der Waals surface area contributed by atoms with Crippen LogP contribution in [0.4, 0.5) is 5.69 Å². The fourth-order valence-electron chi connectivity index (χ4n) is 2.64. The fraction of sp³-hybridized carbons (Fsp3) is 0.391. The summed E-state index contributed by atoms with van der Waals surface area (Å²) in [6, 6.07) is 10.2. The molecule has 0 heterocycles. The molecule has 2 rings (SSSR count). The molecule has 0 radical (unpaired) electrons. The van der Waals surface area contributed by atoms with Crippen molar-refractivity contribution in [1.82, 2.24) is 0 Å². The zero-order chi connectivity index (χ0) is 22.1. The Kier molecular flexibility index (Phi) is 8.53. The van der Waals surface area contributed by atoms with E-state index in [0.29, 0.717) is 35.5 Å². The van der Waals surface area contributed by atoms with Gasteiger partial charge in [0.15, 0.2) is 18.1 Å². The number of amides is 1. The Balaban J connectivity index is 1.95. The summed E-state index contributed by atoms with van der Waals surface area (Å²) in [7, 11) is 3.02. The maximum atomic E-state index is 12.3. The number of anilines is 1. The van der Waals surface area contributed by atoms with Crippen molar-refractivity contribution in [2.45, 2.75) is 27.2 Å². The maximum Gasteiger partial charge on any atom is 0.338 e. The minimum Gasteiger partial charge on any atom is -0.495 e. The predicted octanol–water partition coefficient (Wildman–Crippen LogP) is 4.23. The van der Waals surface area contributed by atoms with Gasteiger partial charge in [0, 0.05) is 0 Å². The molecule has 0 saturated carbocycles. The Bertz CT molecular complexity index is 878. The molecule has 0 aromatic heterocycles. The summed E-state index contributed by atoms with van der Waals surface area (Å²) in [5, 5.41) is 2.69. The molecule has 162 valence electrons. The van der Waals surface area contributed by atoms with Gasteiger partial charge in [0.2, 0.25) is 0 Å². The van der Waals surface area contributed by atoms with E-state index in [1.165, 1.54) is 20.3 Å². The second-order valence-corrected chi connectivity index (χ2v) is 7.22. The first kappa shape index (κ1) is 23.1. The molecule has 1 amide bonds. The summed E-state index contributed by atoms with van der Waals surface area (Å²) in [5.41, 5.74) is 1.75. The molecule has 30 heavy (non-hydrogen) atoms. The van der Waals surface area contributed by atoms with Crippen LogP contribution in [-0.2, 0) is 9.53 Å². The molecular formula is C23H29NO6. The number of nitrogens with one attached hydrogen (secondary N) is 1. The van der Waals surface area contributed by atoms with Crippen molar-refractivity contribution in [3.63, 3.8) is 0 Å². The van der Waals surface area contributed by atoms with Crippen LogP contribution in [0.15, 0.2) is 36.4 Å². The van der Waals surface area contributed by atoms with Gasteiger partial charge in [0.1, 0.15) is 5.75 Å². The number of ether oxygens (including phenoxy) is 4. The molecule has 0 atom stereocenters. The minimum atomic E-state index is -0.631. The van der Waals surface area contributed by atoms with Crippen molar-refractivity contribution in [1.29, 1.82) is 0 Å². The van der Waals surface area contributed by atoms with Crippen LogP contribution in [0.5, 0.6) is 17.2 Å². The van der Waals surface area contributed by atoms with Crippen LogP contribution in [-0.4, -0.2) is 39.3 Å². The third kappa shape index (κ3) is 6.69. The normalized spacial score (nSPS) is 10.5. The van der Waals surface area contributed by atoms with E-state index in [1.54, 1.807) is 24.3 Å². The highest BCUT2D eigenvalue weighted by atomic mass is 16.5. The Morgan fingerprint density at radius 3 is 2.33 bits per heavy atom. The van der Waals surface area contributed by atoms with E-state index in [2.05, 4.69) is 19.2 Å². The van der Waals surface area contributed by atoms with Crippen LogP contribution in [0.1, 0.15) is 36.2 Å². The van der Waals surface area contributed by atoms with E-state index in [9.17, 15) is 9.59 Å². The zero-order valence-corrected chi connectivity index (χ0v) is 18.1. The average molecular weight is 415 g/mol. The summed E-state index contributed by atoms with van der Waals surface area (Å²) in [5.74, 6) is 0.941. The van der Waals surface area contributed by atoms with Crippen LogP contribution in [0, 0.1) is 12.8 Å². The van der Waals surface area contributed by atoms with Crippen molar-refractivity contribution in [3.8, 4) is 17.2 Å². The Hall–Kier alpha value is -3.22. The van der Waals surface area contributed by atoms with Crippen molar-refractivity contribution in [3.05, 3.63) is 47.5 Å². The van der Waals surface area contributed by atoms with Gasteiger partial charge in [-0.25, -0.2) is 4.79 Å². The number of esters is 1. The lowest BCUT2D eigenvalue weighted by Crippen LogP contribution is -2.21. The smallest absolute Gasteiger partial charge is 0.338 e. The molecule has 2 aromatic rings. The molecule has 2 aromatic carbocycles.